The number of benzene rings is 2. The molecule has 1 unspecified atom stereocenters. The standard InChI is InChI=1S/C27H27BrClNO3S/c1-3-34-12-11-33-27(32)24-16(2)30-22-14-19(17-7-9-21(29)10-8-17)15-23(31)26(22)25(24)18-5-4-6-20(28)13-18/h4-10,13,19,24-25H,3,11-12,14-15H2,1-2H3/t19-,24?,25-/m1/s1. The molecule has 1 aliphatic carbocycles. The first kappa shape index (κ1) is 25.2. The molecule has 3 atom stereocenters. The summed E-state index contributed by atoms with van der Waals surface area (Å²) < 4.78 is 6.56. The Morgan fingerprint density at radius 2 is 1.94 bits per heavy atom. The number of hydrogen-bond donors (Lipinski definition) is 0. The molecule has 4 nitrogen and oxygen atoms in total. The molecular weight excluding hydrogens is 534 g/mol. The molecule has 0 radical (unpaired) electrons. The largest absolute Gasteiger partial charge is 0.464 e. The Balaban J connectivity index is 1.71. The van der Waals surface area contributed by atoms with Crippen molar-refractivity contribution in [3.05, 3.63) is 80.4 Å². The Kier molecular flexibility index (Phi) is 8.33. The smallest absolute Gasteiger partial charge is 0.315 e. The average Bonchev–Trinajstić information content (AvgIpc) is 2.81. The number of hydrogen-bond acceptors (Lipinski definition) is 5. The molecule has 7 heteroatoms. The van der Waals surface area contributed by atoms with Crippen LogP contribution in [-0.4, -0.2) is 35.6 Å². The summed E-state index contributed by atoms with van der Waals surface area (Å²) in [7, 11) is 0. The molecule has 0 bridgehead atoms. The van der Waals surface area contributed by atoms with Gasteiger partial charge in [0.1, 0.15) is 12.5 Å². The highest BCUT2D eigenvalue weighted by atomic mass is 79.9. The number of aliphatic imine (C=N–C) groups is 1. The molecule has 2 aromatic carbocycles. The van der Waals surface area contributed by atoms with Crippen LogP contribution in [0.1, 0.15) is 49.7 Å². The number of allylic oxidation sites excluding steroid dienone is 2. The lowest BCUT2D eigenvalue weighted by molar-refractivity contribution is -0.145. The third-order valence-electron chi connectivity index (χ3n) is 6.37. The summed E-state index contributed by atoms with van der Waals surface area (Å²) in [5.74, 6) is 0.469. The Bertz CT molecular complexity index is 1140. The molecule has 178 valence electrons. The van der Waals surface area contributed by atoms with Crippen molar-refractivity contribution in [3.8, 4) is 0 Å². The zero-order valence-electron chi connectivity index (χ0n) is 19.2. The predicted molar refractivity (Wildman–Crippen MR) is 143 cm³/mol. The fourth-order valence-corrected chi connectivity index (χ4v) is 5.86. The molecular formula is C27H27BrClNO3S. The van der Waals surface area contributed by atoms with Gasteiger partial charge in [-0.1, -0.05) is 58.7 Å². The molecule has 4 rings (SSSR count). The van der Waals surface area contributed by atoms with Gasteiger partial charge < -0.3 is 4.74 Å². The van der Waals surface area contributed by atoms with E-state index in [2.05, 4.69) is 22.9 Å². The van der Waals surface area contributed by atoms with Crippen molar-refractivity contribution in [1.29, 1.82) is 0 Å². The van der Waals surface area contributed by atoms with Crippen LogP contribution in [0.15, 0.2) is 69.3 Å². The van der Waals surface area contributed by atoms with Crippen molar-refractivity contribution in [2.24, 2.45) is 10.9 Å². The highest BCUT2D eigenvalue weighted by molar-refractivity contribution is 9.10. The van der Waals surface area contributed by atoms with Crippen molar-refractivity contribution in [1.82, 2.24) is 0 Å². The summed E-state index contributed by atoms with van der Waals surface area (Å²) in [6.45, 7) is 4.30. The van der Waals surface area contributed by atoms with Gasteiger partial charge in [-0.15, -0.1) is 0 Å². The Morgan fingerprint density at radius 3 is 2.65 bits per heavy atom. The van der Waals surface area contributed by atoms with E-state index in [1.54, 1.807) is 11.8 Å². The van der Waals surface area contributed by atoms with Gasteiger partial charge in [-0.05, 0) is 60.4 Å². The van der Waals surface area contributed by atoms with E-state index < -0.39 is 11.8 Å². The van der Waals surface area contributed by atoms with Gasteiger partial charge in [0.25, 0.3) is 0 Å². The van der Waals surface area contributed by atoms with Gasteiger partial charge in [-0.2, -0.15) is 11.8 Å². The first-order valence-electron chi connectivity index (χ1n) is 11.5. The zero-order chi connectivity index (χ0) is 24.2. The molecule has 0 spiro atoms. The van der Waals surface area contributed by atoms with E-state index in [-0.39, 0.29) is 17.7 Å². The number of ketones is 1. The lowest BCUT2D eigenvalue weighted by atomic mass is 9.69. The molecule has 0 N–H and O–H groups in total. The normalized spacial score (nSPS) is 22.3. The van der Waals surface area contributed by atoms with Crippen LogP contribution in [0.3, 0.4) is 0 Å². The third-order valence-corrected chi connectivity index (χ3v) is 7.98. The molecule has 0 fully saturated rings. The van der Waals surface area contributed by atoms with Gasteiger partial charge >= 0.3 is 5.97 Å². The summed E-state index contributed by atoms with van der Waals surface area (Å²) >= 11 is 11.3. The minimum absolute atomic E-state index is 0.0396. The van der Waals surface area contributed by atoms with Crippen LogP contribution in [0.4, 0.5) is 0 Å². The van der Waals surface area contributed by atoms with Gasteiger partial charge in [-0.3, -0.25) is 14.6 Å². The Morgan fingerprint density at radius 1 is 1.18 bits per heavy atom. The predicted octanol–water partition coefficient (Wildman–Crippen LogP) is 6.97. The quantitative estimate of drug-likeness (QED) is 0.271. The topological polar surface area (TPSA) is 55.7 Å². The molecule has 0 saturated carbocycles. The number of carbonyl (C=O) groups is 2. The summed E-state index contributed by atoms with van der Waals surface area (Å²) in [6.07, 6.45) is 1.04. The lowest BCUT2D eigenvalue weighted by Crippen LogP contribution is -2.38. The Labute approximate surface area is 218 Å². The first-order chi connectivity index (χ1) is 16.4. The highest BCUT2D eigenvalue weighted by Crippen LogP contribution is 2.47. The van der Waals surface area contributed by atoms with Crippen molar-refractivity contribution in [2.75, 3.05) is 18.1 Å². The van der Waals surface area contributed by atoms with Crippen LogP contribution in [0.25, 0.3) is 0 Å². The second-order valence-electron chi connectivity index (χ2n) is 8.57. The minimum Gasteiger partial charge on any atom is -0.464 e. The van der Waals surface area contributed by atoms with Crippen molar-refractivity contribution in [3.63, 3.8) is 0 Å². The number of carbonyl (C=O) groups excluding carboxylic acids is 2. The molecule has 2 aromatic rings. The average molecular weight is 561 g/mol. The molecule has 2 aliphatic rings. The second kappa shape index (κ2) is 11.2. The van der Waals surface area contributed by atoms with Crippen LogP contribution in [-0.2, 0) is 14.3 Å². The van der Waals surface area contributed by atoms with E-state index in [0.29, 0.717) is 35.8 Å². The highest BCUT2D eigenvalue weighted by Gasteiger charge is 2.44. The second-order valence-corrected chi connectivity index (χ2v) is 11.3. The van der Waals surface area contributed by atoms with E-state index in [1.165, 1.54) is 0 Å². The van der Waals surface area contributed by atoms with E-state index in [4.69, 9.17) is 21.3 Å². The molecule has 0 amide bonds. The van der Waals surface area contributed by atoms with E-state index >= 15 is 0 Å². The summed E-state index contributed by atoms with van der Waals surface area (Å²) in [6, 6.07) is 15.5. The monoisotopic (exact) mass is 559 g/mol. The minimum atomic E-state index is -0.615. The maximum atomic E-state index is 13.6. The van der Waals surface area contributed by atoms with Crippen molar-refractivity contribution in [2.45, 2.75) is 38.5 Å². The van der Waals surface area contributed by atoms with Gasteiger partial charge in [0.2, 0.25) is 0 Å². The van der Waals surface area contributed by atoms with E-state index in [1.807, 2.05) is 55.5 Å². The summed E-state index contributed by atoms with van der Waals surface area (Å²) in [5.41, 5.74) is 4.12. The molecule has 0 aromatic heterocycles. The van der Waals surface area contributed by atoms with Gasteiger partial charge in [-0.25, -0.2) is 0 Å². The maximum absolute atomic E-state index is 13.6. The first-order valence-corrected chi connectivity index (χ1v) is 13.8. The van der Waals surface area contributed by atoms with Crippen LogP contribution in [0, 0.1) is 5.92 Å². The fourth-order valence-electron chi connectivity index (χ4n) is 4.83. The molecule has 34 heavy (non-hydrogen) atoms. The number of thioether (sulfide) groups is 1. The summed E-state index contributed by atoms with van der Waals surface area (Å²) in [4.78, 5) is 31.7. The number of Topliss-reactive ketones (excluding diaryl/α,β-unsaturated/α-hetero) is 1. The SMILES string of the molecule is CCSCCOC(=O)C1C(C)=NC2=C(C(=O)C[C@H](c3ccc(Cl)cc3)C2)[C@@H]1c1cccc(Br)c1. The van der Waals surface area contributed by atoms with Gasteiger partial charge in [0.05, 0.1) is 0 Å². The number of nitrogens with zero attached hydrogens (tertiary/aromatic N) is 1. The number of esters is 1. The fraction of sp³-hybridized carbons (Fsp3) is 0.370. The zero-order valence-corrected chi connectivity index (χ0v) is 22.4. The maximum Gasteiger partial charge on any atom is 0.315 e. The summed E-state index contributed by atoms with van der Waals surface area (Å²) in [5, 5.41) is 0.672. The van der Waals surface area contributed by atoms with Gasteiger partial charge in [0, 0.05) is 44.6 Å². The van der Waals surface area contributed by atoms with E-state index in [9.17, 15) is 9.59 Å². The van der Waals surface area contributed by atoms with Crippen molar-refractivity contribution >= 4 is 56.8 Å². The number of ether oxygens (including phenoxy) is 1. The van der Waals surface area contributed by atoms with Crippen LogP contribution in [0.5, 0.6) is 0 Å². The molecule has 1 heterocycles. The van der Waals surface area contributed by atoms with Crippen LogP contribution >= 0.6 is 39.3 Å². The molecule has 0 saturated heterocycles. The molecule has 1 aliphatic heterocycles. The number of rotatable bonds is 7. The Hall–Kier alpha value is -1.89. The number of halogens is 2. The van der Waals surface area contributed by atoms with Crippen LogP contribution < -0.4 is 0 Å². The third kappa shape index (κ3) is 5.50. The van der Waals surface area contributed by atoms with Crippen LogP contribution in [0.2, 0.25) is 5.02 Å². The van der Waals surface area contributed by atoms with Gasteiger partial charge in [0.15, 0.2) is 5.78 Å². The van der Waals surface area contributed by atoms with Crippen molar-refractivity contribution < 1.29 is 14.3 Å². The van der Waals surface area contributed by atoms with E-state index in [0.717, 1.165) is 32.8 Å². The lowest BCUT2D eigenvalue weighted by Gasteiger charge is -2.36.